The van der Waals surface area contributed by atoms with E-state index in [0.717, 1.165) is 18.2 Å². The molecule has 2 aromatic carbocycles. The van der Waals surface area contributed by atoms with Gasteiger partial charge in [-0.2, -0.15) is 0 Å². The van der Waals surface area contributed by atoms with Crippen molar-refractivity contribution in [1.82, 2.24) is 0 Å². The third-order valence-corrected chi connectivity index (χ3v) is 5.50. The second-order valence-corrected chi connectivity index (χ2v) is 7.77. The summed E-state index contributed by atoms with van der Waals surface area (Å²) in [6.07, 6.45) is -7.48. The van der Waals surface area contributed by atoms with E-state index in [4.69, 9.17) is 18.6 Å². The van der Waals surface area contributed by atoms with E-state index in [1.807, 2.05) is 0 Å². The van der Waals surface area contributed by atoms with Crippen LogP contribution < -0.4 is 14.9 Å². The first-order chi connectivity index (χ1) is 16.0. The monoisotopic (exact) mass is 478 g/mol. The van der Waals surface area contributed by atoms with Gasteiger partial charge in [-0.15, -0.1) is 0 Å². The Bertz CT molecular complexity index is 1300. The van der Waals surface area contributed by atoms with Crippen molar-refractivity contribution >= 4 is 11.0 Å². The Morgan fingerprint density at radius 2 is 1.62 bits per heavy atom. The van der Waals surface area contributed by atoms with Gasteiger partial charge in [0.05, 0.1) is 13.2 Å². The van der Waals surface area contributed by atoms with Crippen LogP contribution in [0.5, 0.6) is 34.5 Å². The molecule has 2 heterocycles. The Morgan fingerprint density at radius 1 is 0.912 bits per heavy atom. The van der Waals surface area contributed by atoms with Crippen molar-refractivity contribution in [2.75, 3.05) is 7.11 Å². The van der Waals surface area contributed by atoms with Crippen molar-refractivity contribution in [3.05, 3.63) is 34.5 Å². The topological polar surface area (TPSA) is 200 Å². The normalized spacial score (nSPS) is 24.8. The van der Waals surface area contributed by atoms with Gasteiger partial charge < -0.3 is 54.4 Å². The van der Waals surface area contributed by atoms with E-state index in [1.54, 1.807) is 0 Å². The maximum atomic E-state index is 13.3. The van der Waals surface area contributed by atoms with Crippen LogP contribution in [0.15, 0.2) is 33.5 Å². The van der Waals surface area contributed by atoms with E-state index in [-0.39, 0.29) is 28.0 Å². The molecule has 1 aliphatic rings. The number of hydrogen-bond acceptors (Lipinski definition) is 12. The van der Waals surface area contributed by atoms with Crippen LogP contribution in [0, 0.1) is 0 Å². The van der Waals surface area contributed by atoms with Crippen LogP contribution in [0.2, 0.25) is 0 Å². The lowest BCUT2D eigenvalue weighted by atomic mass is 10.00. The maximum Gasteiger partial charge on any atom is 0.239 e. The fourth-order valence-corrected chi connectivity index (χ4v) is 3.67. The molecule has 0 radical (unpaired) electrons. The third kappa shape index (κ3) is 3.82. The third-order valence-electron chi connectivity index (χ3n) is 5.50. The van der Waals surface area contributed by atoms with Gasteiger partial charge in [0.15, 0.2) is 17.3 Å². The first-order valence-corrected chi connectivity index (χ1v) is 10.0. The van der Waals surface area contributed by atoms with Crippen molar-refractivity contribution < 1.29 is 54.4 Å². The van der Waals surface area contributed by atoms with Crippen molar-refractivity contribution in [3.8, 4) is 45.8 Å². The number of benzene rings is 2. The highest BCUT2D eigenvalue weighted by atomic mass is 16.7. The summed E-state index contributed by atoms with van der Waals surface area (Å²) in [6, 6.07) is 4.23. The molecular weight excluding hydrogens is 456 g/mol. The smallest absolute Gasteiger partial charge is 0.239 e. The van der Waals surface area contributed by atoms with Crippen LogP contribution in [-0.2, 0) is 4.74 Å². The molecule has 34 heavy (non-hydrogen) atoms. The molecule has 1 fully saturated rings. The van der Waals surface area contributed by atoms with Crippen molar-refractivity contribution in [2.24, 2.45) is 0 Å². The molecule has 182 valence electrons. The standard InChI is InChI=1S/C22H22O12/c1-7-15(26)18(29)19(30)22(32-7)34-21-17(28)14-10(24)5-9(23)6-12(14)33-20(21)8-3-11(25)16(27)13(4-8)31-2/h3-7,15,18-19,22-27,29-30H,1-2H3/t7-,15-,18+,19+,22-/m1/s1. The van der Waals surface area contributed by atoms with Crippen LogP contribution in [0.1, 0.15) is 6.92 Å². The number of hydrogen-bond donors (Lipinski definition) is 7. The molecule has 0 saturated carbocycles. The molecule has 12 nitrogen and oxygen atoms in total. The number of methoxy groups -OCH3 is 1. The number of rotatable bonds is 4. The van der Waals surface area contributed by atoms with E-state index < -0.39 is 64.9 Å². The summed E-state index contributed by atoms with van der Waals surface area (Å²) in [5.74, 6) is -3.35. The minimum Gasteiger partial charge on any atom is -0.508 e. The fraction of sp³-hybridized carbons (Fsp3) is 0.318. The molecule has 0 aliphatic carbocycles. The predicted octanol–water partition coefficient (Wildman–Crippen LogP) is 0.497. The second-order valence-electron chi connectivity index (χ2n) is 7.77. The minimum absolute atomic E-state index is 0.0251. The van der Waals surface area contributed by atoms with E-state index >= 15 is 0 Å². The largest absolute Gasteiger partial charge is 0.508 e. The fourth-order valence-electron chi connectivity index (χ4n) is 3.67. The van der Waals surface area contributed by atoms with E-state index in [2.05, 4.69) is 0 Å². The second kappa shape index (κ2) is 8.57. The summed E-state index contributed by atoms with van der Waals surface area (Å²) in [5.41, 5.74) is -1.21. The summed E-state index contributed by atoms with van der Waals surface area (Å²) in [7, 11) is 1.22. The Balaban J connectivity index is 1.96. The van der Waals surface area contributed by atoms with Gasteiger partial charge in [-0.1, -0.05) is 0 Å². The Hall–Kier alpha value is -3.71. The van der Waals surface area contributed by atoms with Crippen LogP contribution >= 0.6 is 0 Å². The molecule has 0 amide bonds. The number of ether oxygens (including phenoxy) is 3. The average molecular weight is 478 g/mol. The lowest BCUT2D eigenvalue weighted by molar-refractivity contribution is -0.268. The van der Waals surface area contributed by atoms with Gasteiger partial charge in [0.1, 0.15) is 40.8 Å². The van der Waals surface area contributed by atoms with Crippen molar-refractivity contribution in [1.29, 1.82) is 0 Å². The van der Waals surface area contributed by atoms with Crippen LogP contribution in [0.25, 0.3) is 22.3 Å². The number of aliphatic hydroxyl groups is 3. The molecule has 5 atom stereocenters. The zero-order valence-electron chi connectivity index (χ0n) is 17.9. The first kappa shape index (κ1) is 23.4. The lowest BCUT2D eigenvalue weighted by Crippen LogP contribution is -2.58. The van der Waals surface area contributed by atoms with E-state index in [0.29, 0.717) is 0 Å². The summed E-state index contributed by atoms with van der Waals surface area (Å²) < 4.78 is 21.7. The molecule has 12 heteroatoms. The van der Waals surface area contributed by atoms with Gasteiger partial charge in [0, 0.05) is 17.7 Å². The molecule has 7 N–H and O–H groups in total. The predicted molar refractivity (Wildman–Crippen MR) is 114 cm³/mol. The Morgan fingerprint density at radius 3 is 2.29 bits per heavy atom. The van der Waals surface area contributed by atoms with Crippen LogP contribution in [0.4, 0.5) is 0 Å². The molecule has 1 saturated heterocycles. The number of aliphatic hydroxyl groups excluding tert-OH is 3. The molecule has 4 rings (SSSR count). The molecular formula is C22H22O12. The van der Waals surface area contributed by atoms with Gasteiger partial charge in [-0.25, -0.2) is 0 Å². The highest BCUT2D eigenvalue weighted by Crippen LogP contribution is 2.43. The molecule has 1 aromatic heterocycles. The maximum absolute atomic E-state index is 13.3. The van der Waals surface area contributed by atoms with Gasteiger partial charge in [-0.3, -0.25) is 4.79 Å². The van der Waals surface area contributed by atoms with Gasteiger partial charge in [0.2, 0.25) is 23.2 Å². The summed E-state index contributed by atoms with van der Waals surface area (Å²) >= 11 is 0. The molecule has 3 aromatic rings. The van der Waals surface area contributed by atoms with Crippen LogP contribution in [0.3, 0.4) is 0 Å². The molecule has 0 unspecified atom stereocenters. The van der Waals surface area contributed by atoms with Crippen LogP contribution in [-0.4, -0.2) is 73.6 Å². The number of phenols is 4. The van der Waals surface area contributed by atoms with Gasteiger partial charge in [0.25, 0.3) is 0 Å². The summed E-state index contributed by atoms with van der Waals surface area (Å²) in [4.78, 5) is 13.3. The Kier molecular flexibility index (Phi) is 5.91. The van der Waals surface area contributed by atoms with E-state index in [1.165, 1.54) is 20.1 Å². The molecule has 0 bridgehead atoms. The molecule has 0 spiro atoms. The first-order valence-electron chi connectivity index (χ1n) is 10.0. The zero-order chi connectivity index (χ0) is 24.9. The highest BCUT2D eigenvalue weighted by molar-refractivity contribution is 5.88. The van der Waals surface area contributed by atoms with Crippen molar-refractivity contribution in [2.45, 2.75) is 37.6 Å². The van der Waals surface area contributed by atoms with Gasteiger partial charge >= 0.3 is 0 Å². The number of phenolic OH excluding ortho intramolecular Hbond substituents is 4. The van der Waals surface area contributed by atoms with E-state index in [9.17, 15) is 40.5 Å². The van der Waals surface area contributed by atoms with Crippen molar-refractivity contribution in [3.63, 3.8) is 0 Å². The summed E-state index contributed by atoms with van der Waals surface area (Å²) in [5, 5.41) is 70.1. The highest BCUT2D eigenvalue weighted by Gasteiger charge is 2.44. The zero-order valence-corrected chi connectivity index (χ0v) is 17.9. The lowest BCUT2D eigenvalue weighted by Gasteiger charge is -2.38. The number of aromatic hydroxyl groups is 4. The molecule has 1 aliphatic heterocycles. The Labute approximate surface area is 191 Å². The quantitative estimate of drug-likeness (QED) is 0.257. The SMILES string of the molecule is COc1cc(-c2oc3cc(O)cc(O)c3c(=O)c2O[C@H]2O[C@H](C)[C@@H](O)[C@H](O)[C@@H]2O)cc(O)c1O. The summed E-state index contributed by atoms with van der Waals surface area (Å²) in [6.45, 7) is 1.41. The average Bonchev–Trinajstić information content (AvgIpc) is 2.78. The minimum atomic E-state index is -1.77. The van der Waals surface area contributed by atoms with Gasteiger partial charge in [-0.05, 0) is 19.1 Å². The number of fused-ring (bicyclic) bond motifs is 1.